The molecule has 26 heavy (non-hydrogen) atoms. The summed E-state index contributed by atoms with van der Waals surface area (Å²) in [6.45, 7) is 3.85. The second-order valence-corrected chi connectivity index (χ2v) is 7.00. The molecule has 0 aliphatic heterocycles. The first-order valence-corrected chi connectivity index (χ1v) is 9.25. The standard InChI is InChI=1S/C20H17N3O2S/c1-13-7-3-6-10-18(13)23-19(24)16-8-4-5-9-17(16)21-20(23)26-12-15-11-14(2)25-22-15/h3-11H,12H2,1-2H3. The summed E-state index contributed by atoms with van der Waals surface area (Å²) in [5.41, 5.74) is 3.32. The summed E-state index contributed by atoms with van der Waals surface area (Å²) >= 11 is 1.48. The predicted molar refractivity (Wildman–Crippen MR) is 103 cm³/mol. The summed E-state index contributed by atoms with van der Waals surface area (Å²) < 4.78 is 6.82. The van der Waals surface area contributed by atoms with E-state index in [1.807, 2.05) is 68.4 Å². The van der Waals surface area contributed by atoms with E-state index in [4.69, 9.17) is 9.51 Å². The minimum Gasteiger partial charge on any atom is -0.361 e. The Labute approximate surface area is 154 Å². The van der Waals surface area contributed by atoms with Gasteiger partial charge < -0.3 is 4.52 Å². The number of fused-ring (bicyclic) bond motifs is 1. The lowest BCUT2D eigenvalue weighted by molar-refractivity contribution is 0.393. The summed E-state index contributed by atoms with van der Waals surface area (Å²) in [6.07, 6.45) is 0. The fourth-order valence-corrected chi connectivity index (χ4v) is 3.75. The summed E-state index contributed by atoms with van der Waals surface area (Å²) in [6, 6.07) is 17.1. The molecule has 0 N–H and O–H groups in total. The lowest BCUT2D eigenvalue weighted by Gasteiger charge is -2.14. The fraction of sp³-hybridized carbons (Fsp3) is 0.150. The number of nitrogens with zero attached hydrogens (tertiary/aromatic N) is 3. The topological polar surface area (TPSA) is 60.9 Å². The van der Waals surface area contributed by atoms with Gasteiger partial charge in [-0.15, -0.1) is 0 Å². The first-order chi connectivity index (χ1) is 12.6. The van der Waals surface area contributed by atoms with E-state index in [1.54, 1.807) is 4.57 Å². The summed E-state index contributed by atoms with van der Waals surface area (Å²) in [4.78, 5) is 17.9. The van der Waals surface area contributed by atoms with E-state index in [1.165, 1.54) is 11.8 Å². The number of rotatable bonds is 4. The Kier molecular flexibility index (Phi) is 4.34. The van der Waals surface area contributed by atoms with Gasteiger partial charge in [-0.1, -0.05) is 47.3 Å². The number of benzene rings is 2. The Balaban J connectivity index is 1.88. The maximum absolute atomic E-state index is 13.2. The molecule has 0 unspecified atom stereocenters. The molecule has 4 rings (SSSR count). The Morgan fingerprint density at radius 3 is 2.62 bits per heavy atom. The third kappa shape index (κ3) is 3.04. The van der Waals surface area contributed by atoms with Crippen LogP contribution in [0.3, 0.4) is 0 Å². The van der Waals surface area contributed by atoms with Crippen LogP contribution < -0.4 is 5.56 Å². The van der Waals surface area contributed by atoms with E-state index in [-0.39, 0.29) is 5.56 Å². The predicted octanol–water partition coefficient (Wildman–Crippen LogP) is 4.28. The smallest absolute Gasteiger partial charge is 0.266 e. The second kappa shape index (κ2) is 6.80. The number of hydrogen-bond donors (Lipinski definition) is 0. The van der Waals surface area contributed by atoms with Gasteiger partial charge in [0.25, 0.3) is 5.56 Å². The van der Waals surface area contributed by atoms with Gasteiger partial charge in [-0.3, -0.25) is 9.36 Å². The molecular weight excluding hydrogens is 346 g/mol. The molecule has 6 heteroatoms. The largest absolute Gasteiger partial charge is 0.361 e. The molecular formula is C20H17N3O2S. The molecule has 2 heterocycles. The van der Waals surface area contributed by atoms with E-state index in [0.29, 0.717) is 21.8 Å². The van der Waals surface area contributed by atoms with Crippen molar-refractivity contribution in [3.63, 3.8) is 0 Å². The third-order valence-corrected chi connectivity index (χ3v) is 5.10. The molecule has 0 atom stereocenters. The number of aryl methyl sites for hydroxylation is 2. The molecule has 0 saturated carbocycles. The van der Waals surface area contributed by atoms with E-state index in [9.17, 15) is 4.79 Å². The molecule has 0 aliphatic rings. The third-order valence-electron chi connectivity index (χ3n) is 4.13. The van der Waals surface area contributed by atoms with Crippen LogP contribution in [0.5, 0.6) is 0 Å². The normalized spacial score (nSPS) is 11.2. The maximum Gasteiger partial charge on any atom is 0.266 e. The highest BCUT2D eigenvalue weighted by atomic mass is 32.2. The van der Waals surface area contributed by atoms with Crippen molar-refractivity contribution in [3.05, 3.63) is 82.0 Å². The molecule has 2 aromatic heterocycles. The Morgan fingerprint density at radius 1 is 1.08 bits per heavy atom. The van der Waals surface area contributed by atoms with Gasteiger partial charge in [0, 0.05) is 11.8 Å². The lowest BCUT2D eigenvalue weighted by atomic mass is 10.2. The zero-order chi connectivity index (χ0) is 18.1. The SMILES string of the molecule is Cc1cc(CSc2nc3ccccc3c(=O)n2-c2ccccc2C)no1. The van der Waals surface area contributed by atoms with Gasteiger partial charge in [0.2, 0.25) is 0 Å². The quantitative estimate of drug-likeness (QED) is 0.400. The van der Waals surface area contributed by atoms with Gasteiger partial charge in [0.15, 0.2) is 5.16 Å². The molecule has 0 aliphatic carbocycles. The highest BCUT2D eigenvalue weighted by Gasteiger charge is 2.15. The van der Waals surface area contributed by atoms with Gasteiger partial charge in [-0.25, -0.2) is 4.98 Å². The average Bonchev–Trinajstić information content (AvgIpc) is 3.06. The molecule has 4 aromatic rings. The van der Waals surface area contributed by atoms with Crippen LogP contribution in [-0.4, -0.2) is 14.7 Å². The van der Waals surface area contributed by atoms with Crippen molar-refractivity contribution in [2.45, 2.75) is 24.8 Å². The molecule has 0 saturated heterocycles. The van der Waals surface area contributed by atoms with Crippen LogP contribution >= 0.6 is 11.8 Å². The van der Waals surface area contributed by atoms with Crippen LogP contribution in [0.25, 0.3) is 16.6 Å². The zero-order valence-corrected chi connectivity index (χ0v) is 15.3. The summed E-state index contributed by atoms with van der Waals surface area (Å²) in [5.74, 6) is 1.34. The number of hydrogen-bond acceptors (Lipinski definition) is 5. The molecule has 0 bridgehead atoms. The molecule has 0 spiro atoms. The Hall–Kier alpha value is -2.86. The Bertz CT molecular complexity index is 1150. The van der Waals surface area contributed by atoms with E-state index in [0.717, 1.165) is 22.7 Å². The minimum atomic E-state index is -0.0660. The van der Waals surface area contributed by atoms with Gasteiger partial charge in [0.05, 0.1) is 22.3 Å². The summed E-state index contributed by atoms with van der Waals surface area (Å²) in [5, 5.41) is 5.28. The number of aromatic nitrogens is 3. The van der Waals surface area contributed by atoms with E-state index < -0.39 is 0 Å². The van der Waals surface area contributed by atoms with Crippen molar-refractivity contribution < 1.29 is 4.52 Å². The van der Waals surface area contributed by atoms with E-state index in [2.05, 4.69) is 5.16 Å². The average molecular weight is 363 g/mol. The van der Waals surface area contributed by atoms with Crippen molar-refractivity contribution in [2.24, 2.45) is 0 Å². The van der Waals surface area contributed by atoms with Crippen LogP contribution in [0.1, 0.15) is 17.0 Å². The van der Waals surface area contributed by atoms with Gasteiger partial charge in [0.1, 0.15) is 5.76 Å². The van der Waals surface area contributed by atoms with Gasteiger partial charge >= 0.3 is 0 Å². The van der Waals surface area contributed by atoms with Crippen LogP contribution in [0.4, 0.5) is 0 Å². The monoisotopic (exact) mass is 363 g/mol. The van der Waals surface area contributed by atoms with Crippen LogP contribution in [0.15, 0.2) is 69.1 Å². The van der Waals surface area contributed by atoms with Crippen molar-refractivity contribution in [2.75, 3.05) is 0 Å². The first kappa shape index (κ1) is 16.6. The highest BCUT2D eigenvalue weighted by molar-refractivity contribution is 7.98. The van der Waals surface area contributed by atoms with Crippen LogP contribution in [0.2, 0.25) is 0 Å². The number of thioether (sulfide) groups is 1. The van der Waals surface area contributed by atoms with E-state index >= 15 is 0 Å². The second-order valence-electron chi connectivity index (χ2n) is 6.06. The molecule has 0 radical (unpaired) electrons. The van der Waals surface area contributed by atoms with Crippen molar-refractivity contribution >= 4 is 22.7 Å². The first-order valence-electron chi connectivity index (χ1n) is 8.26. The van der Waals surface area contributed by atoms with Crippen molar-refractivity contribution in [1.82, 2.24) is 14.7 Å². The summed E-state index contributed by atoms with van der Waals surface area (Å²) in [7, 11) is 0. The molecule has 5 nitrogen and oxygen atoms in total. The highest BCUT2D eigenvalue weighted by Crippen LogP contribution is 2.25. The van der Waals surface area contributed by atoms with Gasteiger partial charge in [-0.2, -0.15) is 0 Å². The zero-order valence-electron chi connectivity index (χ0n) is 14.5. The number of para-hydroxylation sites is 2. The molecule has 2 aromatic carbocycles. The minimum absolute atomic E-state index is 0.0660. The molecule has 130 valence electrons. The van der Waals surface area contributed by atoms with Crippen molar-refractivity contribution in [1.29, 1.82) is 0 Å². The Morgan fingerprint density at radius 2 is 1.85 bits per heavy atom. The maximum atomic E-state index is 13.2. The van der Waals surface area contributed by atoms with Gasteiger partial charge in [-0.05, 0) is 37.6 Å². The fourth-order valence-electron chi connectivity index (χ4n) is 2.86. The lowest BCUT2D eigenvalue weighted by Crippen LogP contribution is -2.22. The molecule has 0 amide bonds. The van der Waals surface area contributed by atoms with Crippen LogP contribution in [-0.2, 0) is 5.75 Å². The molecule has 0 fully saturated rings. The van der Waals surface area contributed by atoms with Crippen molar-refractivity contribution in [3.8, 4) is 5.69 Å². The van der Waals surface area contributed by atoms with Crippen LogP contribution in [0, 0.1) is 13.8 Å².